The molecule has 0 radical (unpaired) electrons. The van der Waals surface area contributed by atoms with Crippen LogP contribution in [0.4, 0.5) is 0 Å². The first-order chi connectivity index (χ1) is 4.33. The number of carboxylic acid groups (broad SMARTS) is 1. The molecule has 4 N–H and O–H groups in total. The van der Waals surface area contributed by atoms with Crippen molar-refractivity contribution in [1.29, 1.82) is 0 Å². The van der Waals surface area contributed by atoms with E-state index in [0.717, 1.165) is 6.92 Å². The average Bonchev–Trinajstić information content (AvgIpc) is 1.60. The molecule has 0 aliphatic carbocycles. The second-order valence-corrected chi connectivity index (χ2v) is 3.08. The van der Waals surface area contributed by atoms with Crippen LogP contribution in [0.3, 0.4) is 0 Å². The van der Waals surface area contributed by atoms with E-state index in [0.29, 0.717) is 0 Å². The summed E-state index contributed by atoms with van der Waals surface area (Å²) in [4.78, 5) is 26.3. The molecule has 2 unspecified atom stereocenters. The summed E-state index contributed by atoms with van der Waals surface area (Å²) in [6, 6.07) is -1.24. The Hall–Kier alpha value is -0.420. The minimum atomic E-state index is -4.41. The number of aliphatic carboxylic acids is 1. The molecule has 2 atom stereocenters. The summed E-state index contributed by atoms with van der Waals surface area (Å²) < 4.78 is 10.1. The Bertz CT molecular complexity index is 174. The molecule has 6 nitrogen and oxygen atoms in total. The van der Waals surface area contributed by atoms with Crippen molar-refractivity contribution in [3.05, 3.63) is 0 Å². The molecular weight excluding hydrogens is 163 g/mol. The van der Waals surface area contributed by atoms with Gasteiger partial charge in [0.2, 0.25) is 0 Å². The first-order valence-electron chi connectivity index (χ1n) is 2.39. The summed E-state index contributed by atoms with van der Waals surface area (Å²) in [5.41, 5.74) is 0. The van der Waals surface area contributed by atoms with Gasteiger partial charge in [-0.15, -0.1) is 0 Å². The minimum Gasteiger partial charge on any atom is -0.480 e. The fourth-order valence-corrected chi connectivity index (χ4v) is 0.922. The second-order valence-electron chi connectivity index (χ2n) is 1.73. The van der Waals surface area contributed by atoms with Gasteiger partial charge >= 0.3 is 13.7 Å². The molecule has 0 aliphatic heterocycles. The van der Waals surface area contributed by atoms with Gasteiger partial charge in [-0.05, 0) is 6.92 Å². The van der Waals surface area contributed by atoms with Crippen molar-refractivity contribution < 1.29 is 24.3 Å². The van der Waals surface area contributed by atoms with Crippen LogP contribution in [0.2, 0.25) is 0 Å². The molecule has 0 rings (SSSR count). The third kappa shape index (κ3) is 4.46. The highest BCUT2D eigenvalue weighted by atomic mass is 31.2. The molecule has 0 spiro atoms. The van der Waals surface area contributed by atoms with Crippen LogP contribution in [-0.4, -0.2) is 26.9 Å². The maximum atomic E-state index is 10.1. The van der Waals surface area contributed by atoms with Crippen molar-refractivity contribution in [2.24, 2.45) is 0 Å². The molecule has 0 saturated heterocycles. The Balaban J connectivity index is 3.93. The van der Waals surface area contributed by atoms with Crippen LogP contribution in [0.1, 0.15) is 6.92 Å². The van der Waals surface area contributed by atoms with Gasteiger partial charge in [0, 0.05) is 0 Å². The summed E-state index contributed by atoms with van der Waals surface area (Å²) in [7, 11) is -4.41. The predicted octanol–water partition coefficient (Wildman–Crippen LogP) is -0.858. The van der Waals surface area contributed by atoms with E-state index in [9.17, 15) is 9.36 Å². The van der Waals surface area contributed by atoms with Crippen molar-refractivity contribution in [2.45, 2.75) is 13.0 Å². The molecule has 0 aliphatic rings. The summed E-state index contributed by atoms with van der Waals surface area (Å²) in [6.07, 6.45) is 0. The van der Waals surface area contributed by atoms with Crippen LogP contribution >= 0.6 is 7.75 Å². The number of hydrogen-bond donors (Lipinski definition) is 4. The molecule has 0 aromatic carbocycles. The zero-order chi connectivity index (χ0) is 8.36. The highest BCUT2D eigenvalue weighted by Crippen LogP contribution is 2.28. The Labute approximate surface area is 57.1 Å². The lowest BCUT2D eigenvalue weighted by Crippen LogP contribution is -2.30. The fourth-order valence-electron chi connectivity index (χ4n) is 0.307. The largest absolute Gasteiger partial charge is 0.480 e. The van der Waals surface area contributed by atoms with Gasteiger partial charge in [0.1, 0.15) is 6.04 Å². The van der Waals surface area contributed by atoms with Crippen molar-refractivity contribution >= 4 is 13.7 Å². The number of nitrogens with one attached hydrogen (secondary N) is 1. The highest BCUT2D eigenvalue weighted by molar-refractivity contribution is 7.49. The summed E-state index contributed by atoms with van der Waals surface area (Å²) in [5, 5.41) is 9.73. The summed E-state index contributed by atoms with van der Waals surface area (Å²) in [5.74, 6) is -1.30. The van der Waals surface area contributed by atoms with Gasteiger partial charge < -0.3 is 14.9 Å². The molecule has 0 amide bonds. The fraction of sp³-hybridized carbons (Fsp3) is 0.667. The van der Waals surface area contributed by atoms with Crippen LogP contribution in [0.25, 0.3) is 0 Å². The van der Waals surface area contributed by atoms with E-state index in [-0.39, 0.29) is 0 Å². The van der Waals surface area contributed by atoms with Crippen LogP contribution in [0, 0.1) is 0 Å². The predicted molar refractivity (Wildman–Crippen MR) is 32.3 cm³/mol. The lowest BCUT2D eigenvalue weighted by atomic mass is 10.4. The Kier molecular flexibility index (Phi) is 2.98. The molecule has 60 valence electrons. The van der Waals surface area contributed by atoms with Gasteiger partial charge in [-0.3, -0.25) is 4.79 Å². The van der Waals surface area contributed by atoms with Gasteiger partial charge in [0.25, 0.3) is 0 Å². The van der Waals surface area contributed by atoms with Gasteiger partial charge in [0.15, 0.2) is 0 Å². The quantitative estimate of drug-likeness (QED) is 0.325. The van der Waals surface area contributed by atoms with E-state index in [2.05, 4.69) is 0 Å². The monoisotopic (exact) mass is 171 g/mol. The van der Waals surface area contributed by atoms with Crippen molar-refractivity contribution in [2.75, 3.05) is 0 Å². The van der Waals surface area contributed by atoms with E-state index in [1.807, 2.05) is 0 Å². The lowest BCUT2D eigenvalue weighted by Gasteiger charge is -2.08. The van der Waals surface area contributed by atoms with Crippen LogP contribution in [0.15, 0.2) is 0 Å². The van der Waals surface area contributed by atoms with E-state index in [4.69, 9.17) is 14.9 Å². The molecule has 0 aromatic heterocycles. The standard InChI is InChI=1S/C3H8NO5P/c1-2(3(5)6)4-10(7,8)9/h2H,1H3,(H,5,6)(H3,4,7,8,9)/i7+2. The number of rotatable bonds is 3. The number of carboxylic acids is 1. The van der Waals surface area contributed by atoms with Gasteiger partial charge in [0.05, 0.1) is 0 Å². The van der Waals surface area contributed by atoms with Gasteiger partial charge in [-0.25, -0.2) is 9.65 Å². The molecule has 10 heavy (non-hydrogen) atoms. The second kappa shape index (κ2) is 3.12. The van der Waals surface area contributed by atoms with Gasteiger partial charge in [-0.1, -0.05) is 0 Å². The topological polar surface area (TPSA) is 107 Å². The number of carbonyl (C=O) groups is 1. The van der Waals surface area contributed by atoms with Crippen molar-refractivity contribution in [3.8, 4) is 0 Å². The Morgan fingerprint density at radius 3 is 2.30 bits per heavy atom. The molecular formula is C3H8NO5P. The Morgan fingerprint density at radius 1 is 1.80 bits per heavy atom. The maximum Gasteiger partial charge on any atom is 0.401 e. The molecule has 0 fully saturated rings. The third-order valence-corrected chi connectivity index (χ3v) is 1.46. The summed E-state index contributed by atoms with van der Waals surface area (Å²) in [6.45, 7) is 1.14. The molecule has 0 saturated carbocycles. The van der Waals surface area contributed by atoms with E-state index < -0.39 is 19.8 Å². The highest BCUT2D eigenvalue weighted by Gasteiger charge is 2.20. The summed E-state index contributed by atoms with van der Waals surface area (Å²) >= 11 is 0. The minimum absolute atomic E-state index is 1.14. The Morgan fingerprint density at radius 2 is 2.20 bits per heavy atom. The van der Waals surface area contributed by atoms with E-state index in [1.165, 1.54) is 0 Å². The third-order valence-electron chi connectivity index (χ3n) is 0.732. The molecule has 0 aromatic rings. The van der Waals surface area contributed by atoms with Crippen LogP contribution < -0.4 is 5.09 Å². The average molecular weight is 171 g/mol. The van der Waals surface area contributed by atoms with Crippen molar-refractivity contribution in [1.82, 2.24) is 5.09 Å². The number of hydrogen-bond acceptors (Lipinski definition) is 2. The lowest BCUT2D eigenvalue weighted by molar-refractivity contribution is -0.138. The SMILES string of the molecule is CC(NP(=O)(O)[18OH])C(=O)O. The smallest absolute Gasteiger partial charge is 0.401 e. The molecule has 0 bridgehead atoms. The first kappa shape index (κ1) is 9.58. The van der Waals surface area contributed by atoms with Gasteiger partial charge in [-0.2, -0.15) is 0 Å². The van der Waals surface area contributed by atoms with Crippen LogP contribution in [-0.2, 0) is 9.36 Å². The first-order valence-corrected chi connectivity index (χ1v) is 4.00. The normalized spacial score (nSPS) is 19.5. The van der Waals surface area contributed by atoms with Crippen LogP contribution in [0.5, 0.6) is 0 Å². The van der Waals surface area contributed by atoms with E-state index >= 15 is 0 Å². The van der Waals surface area contributed by atoms with Crippen molar-refractivity contribution in [3.63, 3.8) is 0 Å². The zero-order valence-corrected chi connectivity index (χ0v) is 6.08. The zero-order valence-electron chi connectivity index (χ0n) is 5.18. The van der Waals surface area contributed by atoms with E-state index in [1.54, 1.807) is 5.09 Å². The maximum absolute atomic E-state index is 10.1. The molecule has 0 heterocycles. The molecule has 7 heteroatoms.